The molecule has 0 aromatic rings. The SMILES string of the molecule is CC.CC.CNC(C#N)CN(C)C1CCCCC1. The molecular weight excluding hydrogens is 222 g/mol. The van der Waals surface area contributed by atoms with Crippen LogP contribution in [0.2, 0.25) is 0 Å². The first kappa shape index (κ1) is 19.7. The standard InChI is InChI=1S/C11H21N3.2C2H6/c1-13-10(8-12)9-14(2)11-6-4-3-5-7-11;2*1-2/h10-11,13H,3-7,9H2,1-2H3;2*1-2H3. The van der Waals surface area contributed by atoms with Gasteiger partial charge in [0.1, 0.15) is 6.04 Å². The van der Waals surface area contributed by atoms with Crippen molar-refractivity contribution in [1.82, 2.24) is 10.2 Å². The van der Waals surface area contributed by atoms with E-state index in [1.807, 2.05) is 34.7 Å². The van der Waals surface area contributed by atoms with E-state index in [9.17, 15) is 0 Å². The molecule has 3 heteroatoms. The van der Waals surface area contributed by atoms with Crippen molar-refractivity contribution < 1.29 is 0 Å². The average molecular weight is 255 g/mol. The number of nitriles is 1. The topological polar surface area (TPSA) is 39.1 Å². The fourth-order valence-electron chi connectivity index (χ4n) is 2.16. The predicted octanol–water partition coefficient (Wildman–Crippen LogP) is 3.41. The van der Waals surface area contributed by atoms with Crippen LogP contribution in [0.1, 0.15) is 59.8 Å². The molecule has 0 saturated heterocycles. The van der Waals surface area contributed by atoms with Crippen molar-refractivity contribution in [2.24, 2.45) is 0 Å². The summed E-state index contributed by atoms with van der Waals surface area (Å²) >= 11 is 0. The van der Waals surface area contributed by atoms with E-state index in [0.29, 0.717) is 6.04 Å². The molecule has 18 heavy (non-hydrogen) atoms. The fourth-order valence-corrected chi connectivity index (χ4v) is 2.16. The summed E-state index contributed by atoms with van der Waals surface area (Å²) in [5, 5.41) is 11.9. The molecule has 0 spiro atoms. The van der Waals surface area contributed by atoms with Crippen molar-refractivity contribution in [2.75, 3.05) is 20.6 Å². The summed E-state index contributed by atoms with van der Waals surface area (Å²) in [6, 6.07) is 2.94. The molecule has 1 saturated carbocycles. The molecule has 0 radical (unpaired) electrons. The molecule has 0 aliphatic heterocycles. The Morgan fingerprint density at radius 2 is 1.67 bits per heavy atom. The molecule has 0 amide bonds. The van der Waals surface area contributed by atoms with E-state index in [-0.39, 0.29) is 6.04 Å². The number of hydrogen-bond acceptors (Lipinski definition) is 3. The molecule has 108 valence electrons. The third-order valence-electron chi connectivity index (χ3n) is 3.17. The van der Waals surface area contributed by atoms with Gasteiger partial charge in [0, 0.05) is 12.6 Å². The van der Waals surface area contributed by atoms with Gasteiger partial charge in [-0.25, -0.2) is 0 Å². The molecule has 1 aliphatic rings. The zero-order valence-electron chi connectivity index (χ0n) is 13.3. The second-order valence-corrected chi connectivity index (χ2v) is 4.20. The van der Waals surface area contributed by atoms with E-state index in [0.717, 1.165) is 6.54 Å². The highest BCUT2D eigenvalue weighted by Gasteiger charge is 2.19. The number of likely N-dealkylation sites (N-methyl/N-ethyl adjacent to an activating group) is 2. The van der Waals surface area contributed by atoms with Crippen LogP contribution < -0.4 is 5.32 Å². The van der Waals surface area contributed by atoms with Crippen molar-refractivity contribution >= 4 is 0 Å². The minimum absolute atomic E-state index is 0.0260. The quantitative estimate of drug-likeness (QED) is 0.836. The van der Waals surface area contributed by atoms with Crippen LogP contribution >= 0.6 is 0 Å². The lowest BCUT2D eigenvalue weighted by atomic mass is 9.94. The number of nitrogens with one attached hydrogen (secondary N) is 1. The maximum atomic E-state index is 8.83. The van der Waals surface area contributed by atoms with Gasteiger partial charge in [-0.2, -0.15) is 5.26 Å². The molecule has 0 aromatic heterocycles. The van der Waals surface area contributed by atoms with Gasteiger partial charge in [0.15, 0.2) is 0 Å². The van der Waals surface area contributed by atoms with E-state index < -0.39 is 0 Å². The van der Waals surface area contributed by atoms with E-state index in [2.05, 4.69) is 23.3 Å². The Hall–Kier alpha value is -0.590. The van der Waals surface area contributed by atoms with Gasteiger partial charge in [0.05, 0.1) is 6.07 Å². The lowest BCUT2D eigenvalue weighted by Crippen LogP contribution is -2.42. The molecule has 0 aromatic carbocycles. The van der Waals surface area contributed by atoms with Crippen molar-refractivity contribution in [1.29, 1.82) is 5.26 Å². The lowest BCUT2D eigenvalue weighted by Gasteiger charge is -2.32. The Balaban J connectivity index is 0. The summed E-state index contributed by atoms with van der Waals surface area (Å²) in [5.41, 5.74) is 0. The van der Waals surface area contributed by atoms with Crippen molar-refractivity contribution in [3.63, 3.8) is 0 Å². The van der Waals surface area contributed by atoms with Crippen molar-refractivity contribution in [3.05, 3.63) is 0 Å². The van der Waals surface area contributed by atoms with Crippen molar-refractivity contribution in [2.45, 2.75) is 71.9 Å². The van der Waals surface area contributed by atoms with Crippen molar-refractivity contribution in [3.8, 4) is 6.07 Å². The second kappa shape index (κ2) is 14.5. The van der Waals surface area contributed by atoms with Gasteiger partial charge in [-0.3, -0.25) is 0 Å². The Kier molecular flexibility index (Phi) is 15.9. The maximum Gasteiger partial charge on any atom is 0.108 e. The van der Waals surface area contributed by atoms with E-state index in [4.69, 9.17) is 5.26 Å². The molecule has 0 heterocycles. The van der Waals surface area contributed by atoms with Gasteiger partial charge in [-0.1, -0.05) is 47.0 Å². The van der Waals surface area contributed by atoms with Gasteiger partial charge in [-0.15, -0.1) is 0 Å². The second-order valence-electron chi connectivity index (χ2n) is 4.20. The molecule has 0 bridgehead atoms. The van der Waals surface area contributed by atoms with E-state index in [1.165, 1.54) is 32.1 Å². The first-order chi connectivity index (χ1) is 8.77. The molecule has 1 fully saturated rings. The number of hydrogen-bond donors (Lipinski definition) is 1. The predicted molar refractivity (Wildman–Crippen MR) is 80.7 cm³/mol. The van der Waals surface area contributed by atoms with Gasteiger partial charge in [0.2, 0.25) is 0 Å². The fraction of sp³-hybridized carbons (Fsp3) is 0.933. The Labute approximate surface area is 115 Å². The molecule has 1 aliphatic carbocycles. The van der Waals surface area contributed by atoms with E-state index in [1.54, 1.807) is 0 Å². The van der Waals surface area contributed by atoms with Crippen LogP contribution in [0.3, 0.4) is 0 Å². The Morgan fingerprint density at radius 3 is 2.06 bits per heavy atom. The van der Waals surface area contributed by atoms with Crippen LogP contribution in [0.4, 0.5) is 0 Å². The molecule has 1 N–H and O–H groups in total. The summed E-state index contributed by atoms with van der Waals surface area (Å²) in [5.74, 6) is 0. The van der Waals surface area contributed by atoms with Crippen LogP contribution in [-0.4, -0.2) is 37.6 Å². The van der Waals surface area contributed by atoms with E-state index >= 15 is 0 Å². The molecule has 1 unspecified atom stereocenters. The summed E-state index contributed by atoms with van der Waals surface area (Å²) in [6.07, 6.45) is 6.70. The first-order valence-electron chi connectivity index (χ1n) is 7.55. The zero-order valence-corrected chi connectivity index (χ0v) is 13.3. The zero-order chi connectivity index (χ0) is 14.4. The molecule has 1 rings (SSSR count). The van der Waals surface area contributed by atoms with Crippen LogP contribution in [0, 0.1) is 11.3 Å². The molecule has 3 nitrogen and oxygen atoms in total. The molecule has 1 atom stereocenters. The maximum absolute atomic E-state index is 8.83. The smallest absolute Gasteiger partial charge is 0.108 e. The highest BCUT2D eigenvalue weighted by Crippen LogP contribution is 2.21. The summed E-state index contributed by atoms with van der Waals surface area (Å²) in [6.45, 7) is 8.84. The number of nitrogens with zero attached hydrogens (tertiary/aromatic N) is 2. The van der Waals surface area contributed by atoms with Gasteiger partial charge in [0.25, 0.3) is 0 Å². The largest absolute Gasteiger partial charge is 0.304 e. The third-order valence-corrected chi connectivity index (χ3v) is 3.17. The van der Waals surface area contributed by atoms with Crippen LogP contribution in [-0.2, 0) is 0 Å². The summed E-state index contributed by atoms with van der Waals surface area (Å²) < 4.78 is 0. The van der Waals surface area contributed by atoms with Gasteiger partial charge >= 0.3 is 0 Å². The molecular formula is C15H33N3. The monoisotopic (exact) mass is 255 g/mol. The van der Waals surface area contributed by atoms with Gasteiger partial charge < -0.3 is 10.2 Å². The lowest BCUT2D eigenvalue weighted by molar-refractivity contribution is 0.185. The summed E-state index contributed by atoms with van der Waals surface area (Å²) in [4.78, 5) is 2.34. The highest BCUT2D eigenvalue weighted by molar-refractivity contribution is 4.91. The minimum atomic E-state index is -0.0260. The van der Waals surface area contributed by atoms with Crippen LogP contribution in [0.5, 0.6) is 0 Å². The normalized spacial score (nSPS) is 16.8. The first-order valence-corrected chi connectivity index (χ1v) is 7.55. The Bertz CT molecular complexity index is 192. The van der Waals surface area contributed by atoms with Crippen LogP contribution in [0.15, 0.2) is 0 Å². The average Bonchev–Trinajstić information content (AvgIpc) is 2.49. The summed E-state index contributed by atoms with van der Waals surface area (Å²) in [7, 11) is 3.99. The Morgan fingerprint density at radius 1 is 1.17 bits per heavy atom. The number of rotatable bonds is 4. The van der Waals surface area contributed by atoms with Gasteiger partial charge in [-0.05, 0) is 26.9 Å². The van der Waals surface area contributed by atoms with Crippen LogP contribution in [0.25, 0.3) is 0 Å². The third kappa shape index (κ3) is 8.49. The minimum Gasteiger partial charge on any atom is -0.304 e. The highest BCUT2D eigenvalue weighted by atomic mass is 15.1.